The van der Waals surface area contributed by atoms with Crippen LogP contribution in [0.4, 0.5) is 11.8 Å². The first-order valence-corrected chi connectivity index (χ1v) is 6.12. The molecule has 10 nitrogen and oxygen atoms in total. The number of nitrogens with zero attached hydrogens (tertiary/aromatic N) is 2. The Hall–Kier alpha value is -3.27. The Balaban J connectivity index is 2.83. The van der Waals surface area contributed by atoms with E-state index in [0.717, 1.165) is 18.2 Å². The summed E-state index contributed by atoms with van der Waals surface area (Å²) >= 11 is 5.69. The lowest BCUT2D eigenvalue weighted by Crippen LogP contribution is -2.14. The van der Waals surface area contributed by atoms with Gasteiger partial charge in [0.25, 0.3) is 5.91 Å². The zero-order valence-corrected chi connectivity index (χ0v) is 11.9. The first kappa shape index (κ1) is 17.8. The van der Waals surface area contributed by atoms with E-state index in [-0.39, 0.29) is 16.9 Å². The van der Waals surface area contributed by atoms with Gasteiger partial charge in [0.1, 0.15) is 11.0 Å². The minimum atomic E-state index is -1.31. The maximum atomic E-state index is 11.4. The molecule has 0 fully saturated rings. The van der Waals surface area contributed by atoms with Crippen LogP contribution in [-0.4, -0.2) is 43.9 Å². The zero-order valence-electron chi connectivity index (χ0n) is 11.2. The summed E-state index contributed by atoms with van der Waals surface area (Å²) in [5.74, 6) is -4.61. The highest BCUT2D eigenvalue weighted by Crippen LogP contribution is 2.14. The smallest absolute Gasteiger partial charge is 0.328 e. The maximum Gasteiger partial charge on any atom is 0.328 e. The van der Waals surface area contributed by atoms with Gasteiger partial charge in [-0.15, -0.1) is 0 Å². The predicted octanol–water partition coefficient (Wildman–Crippen LogP) is 0.289. The van der Waals surface area contributed by atoms with Crippen molar-refractivity contribution in [3.63, 3.8) is 0 Å². The van der Waals surface area contributed by atoms with Crippen LogP contribution in [0.1, 0.15) is 0 Å². The molecule has 0 aliphatic heterocycles. The third-order valence-corrected chi connectivity index (χ3v) is 2.13. The molecule has 0 aliphatic rings. The number of hydrogen-bond acceptors (Lipinski definition) is 6. The molecule has 1 heterocycles. The summed E-state index contributed by atoms with van der Waals surface area (Å²) < 4.78 is 0. The van der Waals surface area contributed by atoms with Crippen molar-refractivity contribution in [1.29, 1.82) is 0 Å². The van der Waals surface area contributed by atoms with Crippen LogP contribution < -0.4 is 10.6 Å². The van der Waals surface area contributed by atoms with Crippen LogP contribution in [0.5, 0.6) is 0 Å². The molecule has 2 amide bonds. The normalized spacial score (nSPS) is 10.7. The van der Waals surface area contributed by atoms with E-state index in [1.807, 2.05) is 0 Å². The summed E-state index contributed by atoms with van der Waals surface area (Å²) in [5, 5.41) is 21.0. The SMILES string of the molecule is O=C(O)/C=C\C(=O)Nc1nc(Cl)cc(NC(=O)/C=C/C(=O)O)n1. The van der Waals surface area contributed by atoms with Crippen LogP contribution in [0.25, 0.3) is 0 Å². The van der Waals surface area contributed by atoms with Gasteiger partial charge in [-0.25, -0.2) is 14.6 Å². The van der Waals surface area contributed by atoms with E-state index in [4.69, 9.17) is 21.8 Å². The van der Waals surface area contributed by atoms with E-state index < -0.39 is 23.8 Å². The lowest BCUT2D eigenvalue weighted by molar-refractivity contribution is -0.132. The zero-order chi connectivity index (χ0) is 17.4. The van der Waals surface area contributed by atoms with E-state index in [1.54, 1.807) is 0 Å². The number of aromatic nitrogens is 2. The van der Waals surface area contributed by atoms with Gasteiger partial charge in [-0.05, 0) is 0 Å². The summed E-state index contributed by atoms with van der Waals surface area (Å²) in [4.78, 5) is 50.8. The Bertz CT molecular complexity index is 659. The minimum absolute atomic E-state index is 0.0949. The van der Waals surface area contributed by atoms with Gasteiger partial charge in [0.15, 0.2) is 0 Å². The lowest BCUT2D eigenvalue weighted by Gasteiger charge is -2.05. The Morgan fingerprint density at radius 1 is 0.913 bits per heavy atom. The number of carbonyl (C=O) groups excluding carboxylic acids is 2. The molecule has 0 spiro atoms. The van der Waals surface area contributed by atoms with Crippen LogP contribution >= 0.6 is 11.6 Å². The topological polar surface area (TPSA) is 159 Å². The molecule has 0 saturated heterocycles. The number of aliphatic carboxylic acids is 2. The first-order valence-electron chi connectivity index (χ1n) is 5.75. The highest BCUT2D eigenvalue weighted by atomic mass is 35.5. The molecule has 1 aromatic heterocycles. The molecule has 1 aromatic rings. The lowest BCUT2D eigenvalue weighted by atomic mass is 10.4. The van der Waals surface area contributed by atoms with Crippen molar-refractivity contribution in [2.24, 2.45) is 0 Å². The van der Waals surface area contributed by atoms with Crippen LogP contribution in [0, 0.1) is 0 Å². The molecule has 0 unspecified atom stereocenters. The Morgan fingerprint density at radius 2 is 1.43 bits per heavy atom. The van der Waals surface area contributed by atoms with Crippen molar-refractivity contribution >= 4 is 47.1 Å². The Labute approximate surface area is 133 Å². The number of carbonyl (C=O) groups is 4. The number of hydrogen-bond donors (Lipinski definition) is 4. The van der Waals surface area contributed by atoms with E-state index >= 15 is 0 Å². The van der Waals surface area contributed by atoms with Crippen molar-refractivity contribution in [2.75, 3.05) is 10.6 Å². The first-order chi connectivity index (χ1) is 10.8. The highest BCUT2D eigenvalue weighted by Gasteiger charge is 2.08. The van der Waals surface area contributed by atoms with Gasteiger partial charge in [0.05, 0.1) is 0 Å². The summed E-state index contributed by atoms with van der Waals surface area (Å²) in [5.41, 5.74) is 0. The summed E-state index contributed by atoms with van der Waals surface area (Å²) in [6.07, 6.45) is 2.73. The van der Waals surface area contributed by atoms with Gasteiger partial charge in [-0.3, -0.25) is 14.9 Å². The number of halogens is 1. The molecule has 120 valence electrons. The number of amides is 2. The van der Waals surface area contributed by atoms with Crippen molar-refractivity contribution < 1.29 is 29.4 Å². The molecular formula is C12H9ClN4O6. The quantitative estimate of drug-likeness (QED) is 0.424. The number of nitrogens with one attached hydrogen (secondary N) is 2. The van der Waals surface area contributed by atoms with Gasteiger partial charge < -0.3 is 15.5 Å². The summed E-state index contributed by atoms with van der Waals surface area (Å²) in [7, 11) is 0. The number of carboxylic acid groups (broad SMARTS) is 2. The second-order valence-corrected chi connectivity index (χ2v) is 4.11. The molecule has 1 rings (SSSR count). The predicted molar refractivity (Wildman–Crippen MR) is 77.9 cm³/mol. The monoisotopic (exact) mass is 340 g/mol. The third kappa shape index (κ3) is 7.34. The van der Waals surface area contributed by atoms with Crippen molar-refractivity contribution in [3.05, 3.63) is 35.5 Å². The van der Waals surface area contributed by atoms with Crippen LogP contribution in [-0.2, 0) is 19.2 Å². The Kier molecular flexibility index (Phi) is 6.37. The molecular weight excluding hydrogens is 332 g/mol. The van der Waals surface area contributed by atoms with Crippen LogP contribution in [0.2, 0.25) is 5.15 Å². The second kappa shape index (κ2) is 8.24. The van der Waals surface area contributed by atoms with Gasteiger partial charge in [-0.1, -0.05) is 11.6 Å². The van der Waals surface area contributed by atoms with Gasteiger partial charge >= 0.3 is 11.9 Å². The van der Waals surface area contributed by atoms with Gasteiger partial charge in [0.2, 0.25) is 11.9 Å². The minimum Gasteiger partial charge on any atom is -0.478 e. The van der Waals surface area contributed by atoms with E-state index in [1.165, 1.54) is 0 Å². The fourth-order valence-corrected chi connectivity index (χ4v) is 1.33. The van der Waals surface area contributed by atoms with Crippen LogP contribution in [0.15, 0.2) is 30.4 Å². The molecule has 0 bridgehead atoms. The number of anilines is 2. The highest BCUT2D eigenvalue weighted by molar-refractivity contribution is 6.29. The third-order valence-electron chi connectivity index (χ3n) is 1.94. The van der Waals surface area contributed by atoms with E-state index in [9.17, 15) is 19.2 Å². The Morgan fingerprint density at radius 3 is 1.96 bits per heavy atom. The number of rotatable bonds is 6. The molecule has 4 N–H and O–H groups in total. The largest absolute Gasteiger partial charge is 0.478 e. The fraction of sp³-hybridized carbons (Fsp3) is 0. The van der Waals surface area contributed by atoms with Crippen LogP contribution in [0.3, 0.4) is 0 Å². The summed E-state index contributed by atoms with van der Waals surface area (Å²) in [6.45, 7) is 0. The molecule has 0 atom stereocenters. The average molecular weight is 341 g/mol. The molecule has 0 saturated carbocycles. The van der Waals surface area contributed by atoms with Gasteiger partial charge in [0, 0.05) is 30.4 Å². The standard InChI is InChI=1S/C12H9ClN4O6/c13-6-5-7(15-8(18)1-3-10(20)21)16-12(14-6)17-9(19)2-4-11(22)23/h1-5H,(H,20,21)(H,22,23)(H2,14,15,16,17,18,19)/b3-1+,4-2-. The maximum absolute atomic E-state index is 11.4. The van der Waals surface area contributed by atoms with Crippen molar-refractivity contribution in [1.82, 2.24) is 9.97 Å². The van der Waals surface area contributed by atoms with Crippen molar-refractivity contribution in [2.45, 2.75) is 0 Å². The average Bonchev–Trinajstić information content (AvgIpc) is 2.42. The molecule has 0 aliphatic carbocycles. The molecule has 0 aromatic carbocycles. The van der Waals surface area contributed by atoms with Crippen molar-refractivity contribution in [3.8, 4) is 0 Å². The van der Waals surface area contributed by atoms with E-state index in [2.05, 4.69) is 20.6 Å². The fourth-order valence-electron chi connectivity index (χ4n) is 1.15. The summed E-state index contributed by atoms with van der Waals surface area (Å²) in [6, 6.07) is 1.16. The van der Waals surface area contributed by atoms with E-state index in [0.29, 0.717) is 12.2 Å². The number of carboxylic acids is 2. The molecule has 0 radical (unpaired) electrons. The van der Waals surface area contributed by atoms with Gasteiger partial charge in [-0.2, -0.15) is 4.98 Å². The second-order valence-electron chi connectivity index (χ2n) is 3.72. The molecule has 23 heavy (non-hydrogen) atoms. The molecule has 11 heteroatoms.